The molecule has 1 atom stereocenters. The van der Waals surface area contributed by atoms with Crippen molar-refractivity contribution in [2.24, 2.45) is 11.3 Å². The molecule has 0 spiro atoms. The predicted molar refractivity (Wildman–Crippen MR) is 130 cm³/mol. The van der Waals surface area contributed by atoms with Crippen LogP contribution < -0.4 is 10.2 Å². The first-order chi connectivity index (χ1) is 16.3. The molecule has 7 nitrogen and oxygen atoms in total. The molecule has 2 fully saturated rings. The second-order valence-electron chi connectivity index (χ2n) is 10.6. The molecule has 1 saturated carbocycles. The quantitative estimate of drug-likeness (QED) is 0.686. The highest BCUT2D eigenvalue weighted by Crippen LogP contribution is 2.40. The number of nitrogens with one attached hydrogen (secondary N) is 1. The zero-order valence-electron chi connectivity index (χ0n) is 20.1. The Bertz CT molecular complexity index is 1120. The lowest BCUT2D eigenvalue weighted by Gasteiger charge is -2.41. The highest BCUT2D eigenvalue weighted by atomic mass is 16.5. The Morgan fingerprint density at radius 1 is 1.24 bits per heavy atom. The van der Waals surface area contributed by atoms with Gasteiger partial charge in [0.25, 0.3) is 5.91 Å². The number of aromatic nitrogens is 1. The standard InChI is InChI=1S/C27H33N3O4/c1-16-4-5-17(25(32)29-19-6-7-19)10-21(16)18-11-24-23(28-12-18)9-8-22(27(2,3)15-31)26(33)30(24)20-13-34-14-20/h4-5,10-12,19-20,22,31H,6-9,13-15H2,1-3H3,(H,29,32). The first-order valence-corrected chi connectivity index (χ1v) is 12.2. The van der Waals surface area contributed by atoms with Gasteiger partial charge in [-0.1, -0.05) is 19.9 Å². The minimum atomic E-state index is -0.523. The lowest BCUT2D eigenvalue weighted by atomic mass is 9.76. The van der Waals surface area contributed by atoms with E-state index >= 15 is 0 Å². The van der Waals surface area contributed by atoms with Crippen molar-refractivity contribution in [3.63, 3.8) is 0 Å². The van der Waals surface area contributed by atoms with Gasteiger partial charge in [-0.15, -0.1) is 0 Å². The van der Waals surface area contributed by atoms with Crippen molar-refractivity contribution >= 4 is 17.5 Å². The molecule has 3 aliphatic rings. The van der Waals surface area contributed by atoms with E-state index in [0.717, 1.165) is 40.9 Å². The molecule has 2 aromatic rings. The number of amides is 2. The number of aliphatic hydroxyl groups is 1. The molecule has 1 aliphatic carbocycles. The number of hydrogen-bond acceptors (Lipinski definition) is 5. The van der Waals surface area contributed by atoms with Crippen molar-refractivity contribution in [3.8, 4) is 11.1 Å². The third kappa shape index (κ3) is 4.23. The molecule has 2 N–H and O–H groups in total. The number of hydrogen-bond donors (Lipinski definition) is 2. The van der Waals surface area contributed by atoms with E-state index in [9.17, 15) is 14.7 Å². The van der Waals surface area contributed by atoms with Crippen LogP contribution in [-0.2, 0) is 16.0 Å². The number of ether oxygens (including phenoxy) is 1. The zero-order valence-corrected chi connectivity index (χ0v) is 20.1. The van der Waals surface area contributed by atoms with Gasteiger partial charge in [0, 0.05) is 35.9 Å². The fourth-order valence-corrected chi connectivity index (χ4v) is 4.88. The van der Waals surface area contributed by atoms with Gasteiger partial charge in [0.15, 0.2) is 0 Å². The van der Waals surface area contributed by atoms with E-state index in [4.69, 9.17) is 9.72 Å². The number of rotatable bonds is 6. The van der Waals surface area contributed by atoms with Crippen LogP contribution in [0.2, 0.25) is 0 Å². The van der Waals surface area contributed by atoms with Crippen LogP contribution >= 0.6 is 0 Å². The topological polar surface area (TPSA) is 91.8 Å². The van der Waals surface area contributed by atoms with E-state index in [1.807, 2.05) is 56.1 Å². The van der Waals surface area contributed by atoms with Crippen molar-refractivity contribution < 1.29 is 19.4 Å². The van der Waals surface area contributed by atoms with Gasteiger partial charge in [-0.05, 0) is 67.3 Å². The molecule has 1 aromatic heterocycles. The molecular weight excluding hydrogens is 430 g/mol. The van der Waals surface area contributed by atoms with Gasteiger partial charge < -0.3 is 20.1 Å². The predicted octanol–water partition coefficient (Wildman–Crippen LogP) is 3.26. The van der Waals surface area contributed by atoms with Gasteiger partial charge in [-0.25, -0.2) is 0 Å². The summed E-state index contributed by atoms with van der Waals surface area (Å²) in [5.74, 6) is -0.324. The van der Waals surface area contributed by atoms with Crippen LogP contribution in [0.5, 0.6) is 0 Å². The Labute approximate surface area is 200 Å². The van der Waals surface area contributed by atoms with Crippen LogP contribution in [-0.4, -0.2) is 53.8 Å². The summed E-state index contributed by atoms with van der Waals surface area (Å²) < 4.78 is 5.44. The summed E-state index contributed by atoms with van der Waals surface area (Å²) in [5, 5.41) is 13.0. The minimum absolute atomic E-state index is 0.0272. The van der Waals surface area contributed by atoms with E-state index in [1.165, 1.54) is 0 Å². The summed E-state index contributed by atoms with van der Waals surface area (Å²) >= 11 is 0. The Kier molecular flexibility index (Phi) is 5.94. The van der Waals surface area contributed by atoms with Crippen LogP contribution in [0.4, 0.5) is 5.69 Å². The summed E-state index contributed by atoms with van der Waals surface area (Å²) in [6.07, 6.45) is 5.25. The first kappa shape index (κ1) is 23.0. The fourth-order valence-electron chi connectivity index (χ4n) is 4.88. The first-order valence-electron chi connectivity index (χ1n) is 12.2. The van der Waals surface area contributed by atoms with Crippen LogP contribution in [0.1, 0.15) is 54.7 Å². The zero-order chi connectivity index (χ0) is 24.0. The average Bonchev–Trinajstić information content (AvgIpc) is 3.61. The third-order valence-electron chi connectivity index (χ3n) is 7.47. The van der Waals surface area contributed by atoms with Crippen LogP contribution in [0.3, 0.4) is 0 Å². The van der Waals surface area contributed by atoms with Crippen molar-refractivity contribution in [1.29, 1.82) is 0 Å². The van der Waals surface area contributed by atoms with Gasteiger partial charge in [0.1, 0.15) is 0 Å². The smallest absolute Gasteiger partial charge is 0.251 e. The number of benzene rings is 1. The van der Waals surface area contributed by atoms with Crippen molar-refractivity contribution in [2.45, 2.75) is 58.5 Å². The summed E-state index contributed by atoms with van der Waals surface area (Å²) in [5.41, 5.74) is 4.68. The molecule has 34 heavy (non-hydrogen) atoms. The lowest BCUT2D eigenvalue weighted by Crippen LogP contribution is -2.55. The fraction of sp³-hybridized carbons (Fsp3) is 0.519. The van der Waals surface area contributed by atoms with E-state index in [0.29, 0.717) is 37.7 Å². The Balaban J connectivity index is 1.54. The largest absolute Gasteiger partial charge is 0.396 e. The van der Waals surface area contributed by atoms with Gasteiger partial charge in [0.05, 0.1) is 30.6 Å². The molecule has 1 saturated heterocycles. The Morgan fingerprint density at radius 3 is 2.65 bits per heavy atom. The summed E-state index contributed by atoms with van der Waals surface area (Å²) in [4.78, 5) is 33.1. The average molecular weight is 464 g/mol. The van der Waals surface area contributed by atoms with Gasteiger partial charge >= 0.3 is 0 Å². The molecule has 180 valence electrons. The molecule has 3 heterocycles. The highest BCUT2D eigenvalue weighted by molar-refractivity contribution is 5.99. The minimum Gasteiger partial charge on any atom is -0.396 e. The Morgan fingerprint density at radius 2 is 2.00 bits per heavy atom. The van der Waals surface area contributed by atoms with E-state index in [1.54, 1.807) is 0 Å². The second kappa shape index (κ2) is 8.78. The number of nitrogens with zero attached hydrogens (tertiary/aromatic N) is 2. The number of carbonyl (C=O) groups excluding carboxylic acids is 2. The van der Waals surface area contributed by atoms with Crippen molar-refractivity contribution in [2.75, 3.05) is 24.7 Å². The lowest BCUT2D eigenvalue weighted by molar-refractivity contribution is -0.129. The molecule has 7 heteroatoms. The number of carbonyl (C=O) groups is 2. The van der Waals surface area contributed by atoms with E-state index in [-0.39, 0.29) is 30.4 Å². The third-order valence-corrected chi connectivity index (χ3v) is 7.47. The van der Waals surface area contributed by atoms with Crippen LogP contribution in [0.25, 0.3) is 11.1 Å². The van der Waals surface area contributed by atoms with Crippen LogP contribution in [0.15, 0.2) is 30.5 Å². The molecule has 5 rings (SSSR count). The van der Waals surface area contributed by atoms with E-state index in [2.05, 4.69) is 5.32 Å². The molecule has 2 aliphatic heterocycles. The normalized spacial score (nSPS) is 21.0. The summed E-state index contributed by atoms with van der Waals surface area (Å²) in [7, 11) is 0. The maximum atomic E-state index is 13.8. The van der Waals surface area contributed by atoms with Gasteiger partial charge in [0.2, 0.25) is 5.91 Å². The van der Waals surface area contributed by atoms with Crippen molar-refractivity contribution in [3.05, 3.63) is 47.3 Å². The number of aryl methyl sites for hydroxylation is 2. The van der Waals surface area contributed by atoms with Gasteiger partial charge in [-0.3, -0.25) is 14.6 Å². The number of fused-ring (bicyclic) bond motifs is 1. The maximum Gasteiger partial charge on any atom is 0.251 e. The molecule has 0 radical (unpaired) electrons. The SMILES string of the molecule is Cc1ccc(C(=O)NC2CC2)cc1-c1cnc2c(c1)N(C1COC1)C(=O)C(C(C)(C)CO)CC2. The molecule has 1 unspecified atom stereocenters. The molecular formula is C27H33N3O4. The van der Waals surface area contributed by atoms with Gasteiger partial charge in [-0.2, -0.15) is 0 Å². The second-order valence-corrected chi connectivity index (χ2v) is 10.6. The molecule has 0 bridgehead atoms. The summed E-state index contributed by atoms with van der Waals surface area (Å²) in [6.45, 7) is 6.85. The monoisotopic (exact) mass is 463 g/mol. The maximum absolute atomic E-state index is 13.8. The summed E-state index contributed by atoms with van der Waals surface area (Å²) in [6, 6.07) is 8.05. The number of anilines is 1. The number of aliphatic hydroxyl groups excluding tert-OH is 1. The highest BCUT2D eigenvalue weighted by Gasteiger charge is 2.44. The van der Waals surface area contributed by atoms with E-state index < -0.39 is 5.41 Å². The van der Waals surface area contributed by atoms with Crippen molar-refractivity contribution in [1.82, 2.24) is 10.3 Å². The molecule has 2 amide bonds. The number of pyridine rings is 1. The molecule has 1 aromatic carbocycles. The van der Waals surface area contributed by atoms with Crippen LogP contribution in [0, 0.1) is 18.3 Å². The Hall–Kier alpha value is -2.77.